The molecular formula is C17H19ClN2O. The van der Waals surface area contributed by atoms with Gasteiger partial charge in [-0.1, -0.05) is 41.9 Å². The van der Waals surface area contributed by atoms with Crippen LogP contribution in [0, 0.1) is 13.8 Å². The summed E-state index contributed by atoms with van der Waals surface area (Å²) in [5, 5.41) is 3.49. The van der Waals surface area contributed by atoms with Crippen LogP contribution in [0.4, 0.5) is 5.69 Å². The number of pyridine rings is 1. The zero-order valence-corrected chi connectivity index (χ0v) is 13.1. The molecule has 0 bridgehead atoms. The van der Waals surface area contributed by atoms with Crippen molar-refractivity contribution in [3.05, 3.63) is 58.4 Å². The van der Waals surface area contributed by atoms with E-state index in [2.05, 4.69) is 22.4 Å². The van der Waals surface area contributed by atoms with Gasteiger partial charge in [-0.25, -0.2) is 0 Å². The third kappa shape index (κ3) is 4.30. The van der Waals surface area contributed by atoms with Crippen molar-refractivity contribution >= 4 is 23.2 Å². The van der Waals surface area contributed by atoms with Crippen LogP contribution in [-0.2, 0) is 11.2 Å². The summed E-state index contributed by atoms with van der Waals surface area (Å²) in [7, 11) is 0. The Kier molecular flexibility index (Phi) is 5.34. The standard InChI is InChI=1S/C17H19ClN2O/c1-12-15(11-19-13(2)17(12)18)20-16(21)10-6-9-14-7-4-3-5-8-14/h3-5,7-8,11H,6,9-10H2,1-2H3,(H,20,21). The quantitative estimate of drug-likeness (QED) is 0.894. The Morgan fingerprint density at radius 1 is 1.24 bits per heavy atom. The van der Waals surface area contributed by atoms with Crippen LogP contribution in [0.3, 0.4) is 0 Å². The van der Waals surface area contributed by atoms with Crippen molar-refractivity contribution in [1.82, 2.24) is 4.98 Å². The fourth-order valence-corrected chi connectivity index (χ4v) is 2.29. The first-order valence-corrected chi connectivity index (χ1v) is 7.41. The molecule has 1 heterocycles. The molecule has 1 aromatic heterocycles. The number of hydrogen-bond acceptors (Lipinski definition) is 2. The molecule has 0 spiro atoms. The lowest BCUT2D eigenvalue weighted by Gasteiger charge is -2.10. The van der Waals surface area contributed by atoms with E-state index in [9.17, 15) is 4.79 Å². The Labute approximate surface area is 130 Å². The van der Waals surface area contributed by atoms with Crippen molar-refractivity contribution < 1.29 is 4.79 Å². The van der Waals surface area contributed by atoms with E-state index in [1.807, 2.05) is 32.0 Å². The molecular weight excluding hydrogens is 284 g/mol. The molecule has 0 aliphatic carbocycles. The Balaban J connectivity index is 1.86. The van der Waals surface area contributed by atoms with Gasteiger partial charge in [0, 0.05) is 6.42 Å². The number of rotatable bonds is 5. The molecule has 110 valence electrons. The van der Waals surface area contributed by atoms with Crippen molar-refractivity contribution in [3.8, 4) is 0 Å². The number of carbonyl (C=O) groups is 1. The lowest BCUT2D eigenvalue weighted by molar-refractivity contribution is -0.116. The molecule has 3 nitrogen and oxygen atoms in total. The summed E-state index contributed by atoms with van der Waals surface area (Å²) in [6, 6.07) is 10.2. The first-order chi connectivity index (χ1) is 10.1. The van der Waals surface area contributed by atoms with E-state index in [-0.39, 0.29) is 5.91 Å². The second-order valence-electron chi connectivity index (χ2n) is 5.08. The van der Waals surface area contributed by atoms with Crippen molar-refractivity contribution in [2.75, 3.05) is 5.32 Å². The Morgan fingerprint density at radius 3 is 2.67 bits per heavy atom. The summed E-state index contributed by atoms with van der Waals surface area (Å²) in [6.45, 7) is 3.73. The topological polar surface area (TPSA) is 42.0 Å². The summed E-state index contributed by atoms with van der Waals surface area (Å²) in [5.74, 6) is -0.00393. The molecule has 1 amide bonds. The number of nitrogens with one attached hydrogen (secondary N) is 1. The van der Waals surface area contributed by atoms with Gasteiger partial charge in [0.2, 0.25) is 5.91 Å². The summed E-state index contributed by atoms with van der Waals surface area (Å²) in [4.78, 5) is 16.1. The molecule has 0 atom stereocenters. The highest BCUT2D eigenvalue weighted by atomic mass is 35.5. The SMILES string of the molecule is Cc1ncc(NC(=O)CCCc2ccccc2)c(C)c1Cl. The lowest BCUT2D eigenvalue weighted by atomic mass is 10.1. The highest BCUT2D eigenvalue weighted by Gasteiger charge is 2.09. The van der Waals surface area contributed by atoms with Crippen LogP contribution in [0.25, 0.3) is 0 Å². The number of hydrogen-bond donors (Lipinski definition) is 1. The fraction of sp³-hybridized carbons (Fsp3) is 0.294. The summed E-state index contributed by atoms with van der Waals surface area (Å²) < 4.78 is 0. The Bertz CT molecular complexity index is 626. The molecule has 0 radical (unpaired) electrons. The minimum atomic E-state index is -0.00393. The van der Waals surface area contributed by atoms with E-state index in [1.165, 1.54) is 5.56 Å². The monoisotopic (exact) mass is 302 g/mol. The molecule has 0 aliphatic heterocycles. The van der Waals surface area contributed by atoms with Gasteiger partial charge in [0.1, 0.15) is 0 Å². The van der Waals surface area contributed by atoms with Gasteiger partial charge in [-0.2, -0.15) is 0 Å². The van der Waals surface area contributed by atoms with Gasteiger partial charge < -0.3 is 5.32 Å². The van der Waals surface area contributed by atoms with Gasteiger partial charge in [-0.15, -0.1) is 0 Å². The summed E-state index contributed by atoms with van der Waals surface area (Å²) in [6.07, 6.45) is 3.87. The van der Waals surface area contributed by atoms with E-state index in [4.69, 9.17) is 11.6 Å². The van der Waals surface area contributed by atoms with Gasteiger partial charge in [-0.05, 0) is 37.8 Å². The van der Waals surface area contributed by atoms with Crippen LogP contribution < -0.4 is 5.32 Å². The minimum absolute atomic E-state index is 0.00393. The lowest BCUT2D eigenvalue weighted by Crippen LogP contribution is -2.13. The molecule has 2 aromatic rings. The zero-order valence-electron chi connectivity index (χ0n) is 12.3. The largest absolute Gasteiger partial charge is 0.324 e. The molecule has 1 N–H and O–H groups in total. The first-order valence-electron chi connectivity index (χ1n) is 7.03. The van der Waals surface area contributed by atoms with Crippen LogP contribution >= 0.6 is 11.6 Å². The third-order valence-corrected chi connectivity index (χ3v) is 3.98. The molecule has 21 heavy (non-hydrogen) atoms. The van der Waals surface area contributed by atoms with Gasteiger partial charge in [0.15, 0.2) is 0 Å². The maximum absolute atomic E-state index is 12.0. The molecule has 0 saturated heterocycles. The first kappa shape index (κ1) is 15.5. The van der Waals surface area contributed by atoms with Crippen LogP contribution in [0.1, 0.15) is 29.7 Å². The van der Waals surface area contributed by atoms with E-state index in [1.54, 1.807) is 6.20 Å². The average Bonchev–Trinajstić information content (AvgIpc) is 2.49. The number of anilines is 1. The summed E-state index contributed by atoms with van der Waals surface area (Å²) in [5.41, 5.74) is 3.58. The van der Waals surface area contributed by atoms with Crippen molar-refractivity contribution in [2.45, 2.75) is 33.1 Å². The normalized spacial score (nSPS) is 10.4. The number of aromatic nitrogens is 1. The van der Waals surface area contributed by atoms with Crippen molar-refractivity contribution in [2.24, 2.45) is 0 Å². The molecule has 1 aromatic carbocycles. The van der Waals surface area contributed by atoms with Crippen LogP contribution in [0.15, 0.2) is 36.5 Å². The maximum atomic E-state index is 12.0. The second kappa shape index (κ2) is 7.23. The van der Waals surface area contributed by atoms with E-state index in [0.29, 0.717) is 17.1 Å². The highest BCUT2D eigenvalue weighted by Crippen LogP contribution is 2.25. The zero-order chi connectivity index (χ0) is 15.2. The maximum Gasteiger partial charge on any atom is 0.224 e. The number of halogens is 1. The van der Waals surface area contributed by atoms with Crippen LogP contribution in [0.2, 0.25) is 5.02 Å². The van der Waals surface area contributed by atoms with Gasteiger partial charge >= 0.3 is 0 Å². The highest BCUT2D eigenvalue weighted by molar-refractivity contribution is 6.32. The van der Waals surface area contributed by atoms with E-state index < -0.39 is 0 Å². The van der Waals surface area contributed by atoms with Gasteiger partial charge in [0.25, 0.3) is 0 Å². The van der Waals surface area contributed by atoms with Crippen LogP contribution in [0.5, 0.6) is 0 Å². The van der Waals surface area contributed by atoms with E-state index in [0.717, 1.165) is 24.1 Å². The van der Waals surface area contributed by atoms with Crippen molar-refractivity contribution in [3.63, 3.8) is 0 Å². The molecule has 0 fully saturated rings. The average molecular weight is 303 g/mol. The van der Waals surface area contributed by atoms with Gasteiger partial charge in [-0.3, -0.25) is 9.78 Å². The van der Waals surface area contributed by atoms with Crippen LogP contribution in [-0.4, -0.2) is 10.9 Å². The molecule has 0 saturated carbocycles. The number of amides is 1. The summed E-state index contributed by atoms with van der Waals surface area (Å²) >= 11 is 6.14. The number of nitrogens with zero attached hydrogens (tertiary/aromatic N) is 1. The smallest absolute Gasteiger partial charge is 0.224 e. The minimum Gasteiger partial charge on any atom is -0.324 e. The van der Waals surface area contributed by atoms with Crippen molar-refractivity contribution in [1.29, 1.82) is 0 Å². The Morgan fingerprint density at radius 2 is 1.95 bits per heavy atom. The molecule has 4 heteroatoms. The molecule has 0 aliphatic rings. The second-order valence-corrected chi connectivity index (χ2v) is 5.46. The molecule has 0 unspecified atom stereocenters. The third-order valence-electron chi connectivity index (χ3n) is 3.42. The number of benzene rings is 1. The van der Waals surface area contributed by atoms with E-state index >= 15 is 0 Å². The number of carbonyl (C=O) groups excluding carboxylic acids is 1. The molecule has 2 rings (SSSR count). The number of aryl methyl sites for hydroxylation is 2. The Hall–Kier alpha value is -1.87. The predicted octanol–water partition coefficient (Wildman–Crippen LogP) is 4.31. The predicted molar refractivity (Wildman–Crippen MR) is 86.7 cm³/mol. The van der Waals surface area contributed by atoms with Gasteiger partial charge in [0.05, 0.1) is 22.6 Å². The fourth-order valence-electron chi connectivity index (χ4n) is 2.14.